The molecule has 0 aliphatic carbocycles. The second-order valence-electron chi connectivity index (χ2n) is 4.44. The van der Waals surface area contributed by atoms with E-state index in [0.29, 0.717) is 6.42 Å². The Morgan fingerprint density at radius 2 is 2.22 bits per heavy atom. The Labute approximate surface area is 106 Å². The van der Waals surface area contributed by atoms with Gasteiger partial charge in [0, 0.05) is 31.4 Å². The zero-order valence-electron chi connectivity index (χ0n) is 10.7. The first kappa shape index (κ1) is 12.8. The molecule has 1 heterocycles. The molecular formula is C14H18FN3. The van der Waals surface area contributed by atoms with E-state index in [-0.39, 0.29) is 11.9 Å². The number of nitrogens with two attached hydrogens (primary N) is 1. The van der Waals surface area contributed by atoms with Crippen LogP contribution in [0.2, 0.25) is 0 Å². The second-order valence-corrected chi connectivity index (χ2v) is 4.44. The Morgan fingerprint density at radius 3 is 2.89 bits per heavy atom. The van der Waals surface area contributed by atoms with Crippen LogP contribution in [0.5, 0.6) is 0 Å². The van der Waals surface area contributed by atoms with E-state index >= 15 is 0 Å². The van der Waals surface area contributed by atoms with Gasteiger partial charge in [0.25, 0.3) is 0 Å². The number of aromatic nitrogens is 2. The number of imidazole rings is 1. The van der Waals surface area contributed by atoms with Gasteiger partial charge in [-0.25, -0.2) is 9.37 Å². The topological polar surface area (TPSA) is 43.8 Å². The molecule has 96 valence electrons. The van der Waals surface area contributed by atoms with Gasteiger partial charge in [-0.05, 0) is 37.1 Å². The van der Waals surface area contributed by atoms with E-state index in [1.54, 1.807) is 12.3 Å². The fourth-order valence-corrected chi connectivity index (χ4v) is 2.18. The number of hydrogen-bond acceptors (Lipinski definition) is 2. The van der Waals surface area contributed by atoms with Gasteiger partial charge in [-0.1, -0.05) is 6.07 Å². The third-order valence-corrected chi connectivity index (χ3v) is 3.18. The van der Waals surface area contributed by atoms with Crippen LogP contribution < -0.4 is 5.73 Å². The molecule has 1 aromatic heterocycles. The van der Waals surface area contributed by atoms with E-state index in [1.165, 1.54) is 12.1 Å². The summed E-state index contributed by atoms with van der Waals surface area (Å²) in [5.41, 5.74) is 8.05. The molecule has 0 aliphatic heterocycles. The van der Waals surface area contributed by atoms with E-state index in [4.69, 9.17) is 5.73 Å². The molecule has 0 saturated carbocycles. The number of benzene rings is 1. The smallest absolute Gasteiger partial charge is 0.123 e. The highest BCUT2D eigenvalue weighted by Crippen LogP contribution is 2.20. The minimum absolute atomic E-state index is 0.154. The van der Waals surface area contributed by atoms with Crippen molar-refractivity contribution in [1.29, 1.82) is 0 Å². The lowest BCUT2D eigenvalue weighted by Gasteiger charge is -2.15. The molecule has 2 N–H and O–H groups in total. The lowest BCUT2D eigenvalue weighted by Crippen LogP contribution is -2.17. The summed E-state index contributed by atoms with van der Waals surface area (Å²) in [5, 5.41) is 0. The van der Waals surface area contributed by atoms with E-state index in [9.17, 15) is 4.39 Å². The SMILES string of the molecule is CCn1ccnc1CC(N)c1ccc(F)cc1C. The first-order valence-corrected chi connectivity index (χ1v) is 6.13. The molecule has 1 unspecified atom stereocenters. The molecule has 0 amide bonds. The molecule has 0 spiro atoms. The van der Waals surface area contributed by atoms with Crippen molar-refractivity contribution in [3.05, 3.63) is 53.4 Å². The number of rotatable bonds is 4. The van der Waals surface area contributed by atoms with Crippen molar-refractivity contribution in [2.75, 3.05) is 0 Å². The van der Waals surface area contributed by atoms with Crippen molar-refractivity contribution >= 4 is 0 Å². The Morgan fingerprint density at radius 1 is 1.44 bits per heavy atom. The van der Waals surface area contributed by atoms with Crippen molar-refractivity contribution in [3.8, 4) is 0 Å². The molecule has 3 nitrogen and oxygen atoms in total. The average Bonchev–Trinajstić information content (AvgIpc) is 2.76. The molecule has 2 rings (SSSR count). The van der Waals surface area contributed by atoms with Crippen LogP contribution in [-0.4, -0.2) is 9.55 Å². The summed E-state index contributed by atoms with van der Waals surface area (Å²) >= 11 is 0. The van der Waals surface area contributed by atoms with Crippen LogP contribution in [-0.2, 0) is 13.0 Å². The molecule has 1 atom stereocenters. The standard InChI is InChI=1S/C14H18FN3/c1-3-18-7-6-17-14(18)9-13(16)12-5-4-11(15)8-10(12)2/h4-8,13H,3,9,16H2,1-2H3. The highest BCUT2D eigenvalue weighted by molar-refractivity contribution is 5.29. The predicted octanol–water partition coefficient (Wildman–Crippen LogP) is 2.59. The van der Waals surface area contributed by atoms with Gasteiger partial charge in [-0.2, -0.15) is 0 Å². The molecule has 0 aliphatic rings. The number of aryl methyl sites for hydroxylation is 2. The van der Waals surface area contributed by atoms with Crippen LogP contribution in [0, 0.1) is 12.7 Å². The third-order valence-electron chi connectivity index (χ3n) is 3.18. The van der Waals surface area contributed by atoms with Crippen LogP contribution in [0.25, 0.3) is 0 Å². The zero-order chi connectivity index (χ0) is 13.1. The van der Waals surface area contributed by atoms with Gasteiger partial charge in [-0.3, -0.25) is 0 Å². The lowest BCUT2D eigenvalue weighted by atomic mass is 9.99. The summed E-state index contributed by atoms with van der Waals surface area (Å²) in [6.45, 7) is 4.83. The summed E-state index contributed by atoms with van der Waals surface area (Å²) < 4.78 is 15.1. The maximum Gasteiger partial charge on any atom is 0.123 e. The minimum atomic E-state index is -0.224. The van der Waals surface area contributed by atoms with E-state index < -0.39 is 0 Å². The molecule has 18 heavy (non-hydrogen) atoms. The maximum atomic E-state index is 13.0. The monoisotopic (exact) mass is 247 g/mol. The van der Waals surface area contributed by atoms with Gasteiger partial charge in [0.1, 0.15) is 11.6 Å². The molecule has 0 fully saturated rings. The van der Waals surface area contributed by atoms with Gasteiger partial charge in [0.05, 0.1) is 0 Å². The van der Waals surface area contributed by atoms with Crippen LogP contribution >= 0.6 is 0 Å². The second kappa shape index (κ2) is 5.31. The van der Waals surface area contributed by atoms with Crippen LogP contribution in [0.3, 0.4) is 0 Å². The van der Waals surface area contributed by atoms with Crippen molar-refractivity contribution in [1.82, 2.24) is 9.55 Å². The fourth-order valence-electron chi connectivity index (χ4n) is 2.18. The highest BCUT2D eigenvalue weighted by Gasteiger charge is 2.13. The van der Waals surface area contributed by atoms with E-state index in [1.807, 2.05) is 13.1 Å². The molecule has 1 aromatic carbocycles. The first-order valence-electron chi connectivity index (χ1n) is 6.13. The normalized spacial score (nSPS) is 12.7. The quantitative estimate of drug-likeness (QED) is 0.902. The number of hydrogen-bond donors (Lipinski definition) is 1. The van der Waals surface area contributed by atoms with Crippen molar-refractivity contribution in [2.45, 2.75) is 32.9 Å². The van der Waals surface area contributed by atoms with Crippen molar-refractivity contribution in [2.24, 2.45) is 5.73 Å². The van der Waals surface area contributed by atoms with E-state index in [2.05, 4.69) is 16.5 Å². The summed E-state index contributed by atoms with van der Waals surface area (Å²) in [4.78, 5) is 4.31. The van der Waals surface area contributed by atoms with Crippen LogP contribution in [0.15, 0.2) is 30.6 Å². The highest BCUT2D eigenvalue weighted by atomic mass is 19.1. The number of halogens is 1. The Balaban J connectivity index is 2.19. The van der Waals surface area contributed by atoms with Crippen molar-refractivity contribution < 1.29 is 4.39 Å². The largest absolute Gasteiger partial charge is 0.335 e. The fraction of sp³-hybridized carbons (Fsp3) is 0.357. The van der Waals surface area contributed by atoms with Gasteiger partial charge < -0.3 is 10.3 Å². The first-order chi connectivity index (χ1) is 8.61. The maximum absolute atomic E-state index is 13.0. The summed E-state index contributed by atoms with van der Waals surface area (Å²) in [5.74, 6) is 0.743. The minimum Gasteiger partial charge on any atom is -0.335 e. The predicted molar refractivity (Wildman–Crippen MR) is 69.7 cm³/mol. The Kier molecular flexibility index (Phi) is 3.77. The molecular weight excluding hydrogens is 229 g/mol. The van der Waals surface area contributed by atoms with Gasteiger partial charge >= 0.3 is 0 Å². The van der Waals surface area contributed by atoms with Crippen LogP contribution in [0.1, 0.15) is 29.9 Å². The van der Waals surface area contributed by atoms with Gasteiger partial charge in [-0.15, -0.1) is 0 Å². The zero-order valence-corrected chi connectivity index (χ0v) is 10.7. The number of nitrogens with zero attached hydrogens (tertiary/aromatic N) is 2. The van der Waals surface area contributed by atoms with Crippen molar-refractivity contribution in [3.63, 3.8) is 0 Å². The Hall–Kier alpha value is -1.68. The average molecular weight is 247 g/mol. The molecule has 0 radical (unpaired) electrons. The molecule has 0 saturated heterocycles. The van der Waals surface area contributed by atoms with Gasteiger partial charge in [0.15, 0.2) is 0 Å². The van der Waals surface area contributed by atoms with Crippen LogP contribution in [0.4, 0.5) is 4.39 Å². The third kappa shape index (κ3) is 2.59. The van der Waals surface area contributed by atoms with Gasteiger partial charge in [0.2, 0.25) is 0 Å². The summed E-state index contributed by atoms with van der Waals surface area (Å²) in [7, 11) is 0. The summed E-state index contributed by atoms with van der Waals surface area (Å²) in [6, 6.07) is 4.57. The summed E-state index contributed by atoms with van der Waals surface area (Å²) in [6.07, 6.45) is 4.38. The molecule has 4 heteroatoms. The molecule has 0 bridgehead atoms. The lowest BCUT2D eigenvalue weighted by molar-refractivity contribution is 0.612. The van der Waals surface area contributed by atoms with E-state index in [0.717, 1.165) is 23.5 Å². The Bertz CT molecular complexity index is 534. The molecule has 2 aromatic rings.